The van der Waals surface area contributed by atoms with Crippen molar-refractivity contribution < 1.29 is 13.2 Å². The fraction of sp³-hybridized carbons (Fsp3) is 0.348. The topological polar surface area (TPSA) is 96.3 Å². The van der Waals surface area contributed by atoms with E-state index in [1.54, 1.807) is 0 Å². The number of nitrogens with zero attached hydrogens (tertiary/aromatic N) is 1. The number of rotatable bonds is 5. The molecule has 2 aromatic carbocycles. The lowest BCUT2D eigenvalue weighted by Crippen LogP contribution is -2.22. The number of nitrogens with two attached hydrogens (primary N) is 1. The summed E-state index contributed by atoms with van der Waals surface area (Å²) in [5.74, 6) is 0.0859. The molecule has 0 saturated carbocycles. The van der Waals surface area contributed by atoms with Crippen molar-refractivity contribution in [2.45, 2.75) is 25.3 Å². The van der Waals surface area contributed by atoms with Gasteiger partial charge >= 0.3 is 0 Å². The number of fused-ring (bicyclic) bond motifs is 1. The number of primary amides is 1. The molecule has 1 aromatic heterocycles. The highest BCUT2D eigenvalue weighted by Crippen LogP contribution is 2.37. The number of sulfone groups is 1. The van der Waals surface area contributed by atoms with Crippen LogP contribution in [-0.2, 0) is 16.4 Å². The predicted molar refractivity (Wildman–Crippen MR) is 120 cm³/mol. The van der Waals surface area contributed by atoms with Gasteiger partial charge in [0.05, 0.1) is 22.6 Å². The van der Waals surface area contributed by atoms with Crippen LogP contribution in [0.1, 0.15) is 40.2 Å². The van der Waals surface area contributed by atoms with Crippen molar-refractivity contribution in [1.82, 2.24) is 9.88 Å². The number of hydrogen-bond donors (Lipinski definition) is 2. The highest BCUT2D eigenvalue weighted by Gasteiger charge is 2.27. The van der Waals surface area contributed by atoms with Crippen LogP contribution in [0.2, 0.25) is 0 Å². The third-order valence-electron chi connectivity index (χ3n) is 5.84. The number of aromatic nitrogens is 1. The van der Waals surface area contributed by atoms with Crippen molar-refractivity contribution in [3.8, 4) is 11.1 Å². The molecule has 0 atom stereocenters. The quantitative estimate of drug-likeness (QED) is 0.656. The molecule has 4 rings (SSSR count). The number of benzene rings is 2. The molecule has 30 heavy (non-hydrogen) atoms. The molecule has 3 aromatic rings. The van der Waals surface area contributed by atoms with E-state index in [1.807, 2.05) is 38.5 Å². The molecule has 2 heterocycles. The average Bonchev–Trinajstić information content (AvgIpc) is 3.11. The van der Waals surface area contributed by atoms with Crippen LogP contribution in [0.25, 0.3) is 22.0 Å². The first-order valence-electron chi connectivity index (χ1n) is 10.1. The second-order valence-corrected chi connectivity index (χ2v) is 10.7. The van der Waals surface area contributed by atoms with Gasteiger partial charge in [0.25, 0.3) is 5.91 Å². The van der Waals surface area contributed by atoms with E-state index in [0.29, 0.717) is 18.4 Å². The molecule has 0 radical (unpaired) electrons. The number of amides is 1. The molecule has 0 spiro atoms. The highest BCUT2D eigenvalue weighted by molar-refractivity contribution is 7.91. The van der Waals surface area contributed by atoms with Crippen molar-refractivity contribution in [3.05, 3.63) is 59.3 Å². The van der Waals surface area contributed by atoms with Crippen molar-refractivity contribution in [1.29, 1.82) is 0 Å². The van der Waals surface area contributed by atoms with Gasteiger partial charge in [-0.2, -0.15) is 0 Å². The molecule has 0 unspecified atom stereocenters. The molecule has 1 fully saturated rings. The Morgan fingerprint density at radius 2 is 1.87 bits per heavy atom. The van der Waals surface area contributed by atoms with Crippen molar-refractivity contribution in [2.24, 2.45) is 5.73 Å². The van der Waals surface area contributed by atoms with Crippen LogP contribution in [0.4, 0.5) is 0 Å². The Hall–Kier alpha value is -2.64. The van der Waals surface area contributed by atoms with Crippen LogP contribution >= 0.6 is 0 Å². The summed E-state index contributed by atoms with van der Waals surface area (Å²) in [6.45, 7) is 0.824. The first-order valence-corrected chi connectivity index (χ1v) is 11.9. The fourth-order valence-corrected chi connectivity index (χ4v) is 5.86. The minimum Gasteiger partial charge on any atom is -0.366 e. The molecule has 0 bridgehead atoms. The van der Waals surface area contributed by atoms with Crippen LogP contribution in [0.5, 0.6) is 0 Å². The van der Waals surface area contributed by atoms with Gasteiger partial charge in [0, 0.05) is 18.1 Å². The fourth-order valence-electron chi connectivity index (χ4n) is 4.37. The van der Waals surface area contributed by atoms with Gasteiger partial charge in [0.1, 0.15) is 9.84 Å². The molecule has 1 aliphatic rings. The maximum Gasteiger partial charge on any atom is 0.250 e. The summed E-state index contributed by atoms with van der Waals surface area (Å²) in [4.78, 5) is 17.5. The standard InChI is InChI=1S/C23H27N3O3S/c1-26(2)14-15-4-3-5-17(10-15)18-11-19-21(16-6-8-30(28,29)9-7-16)13-25-22(19)20(12-18)23(24)27/h3-5,10-13,16,25H,6-9,14H2,1-2H3,(H2,24,27). The largest absolute Gasteiger partial charge is 0.366 e. The third kappa shape index (κ3) is 4.13. The summed E-state index contributed by atoms with van der Waals surface area (Å²) in [5, 5.41) is 0.948. The Labute approximate surface area is 177 Å². The molecule has 1 amide bonds. The Morgan fingerprint density at radius 1 is 1.13 bits per heavy atom. The van der Waals surface area contributed by atoms with Gasteiger partial charge in [-0.05, 0) is 73.3 Å². The average molecular weight is 426 g/mol. The Morgan fingerprint density at radius 3 is 2.53 bits per heavy atom. The maximum atomic E-state index is 12.2. The zero-order valence-corrected chi connectivity index (χ0v) is 18.1. The van der Waals surface area contributed by atoms with E-state index in [1.165, 1.54) is 5.56 Å². The minimum atomic E-state index is -2.94. The molecule has 7 heteroatoms. The predicted octanol–water partition coefficient (Wildman–Crippen LogP) is 3.29. The molecule has 1 aliphatic heterocycles. The van der Waals surface area contributed by atoms with Crippen LogP contribution in [0.3, 0.4) is 0 Å². The zero-order chi connectivity index (χ0) is 21.5. The van der Waals surface area contributed by atoms with Crippen molar-refractivity contribution in [2.75, 3.05) is 25.6 Å². The summed E-state index contributed by atoms with van der Waals surface area (Å²) in [6.07, 6.45) is 3.11. The van der Waals surface area contributed by atoms with Gasteiger partial charge in [0.2, 0.25) is 0 Å². The molecular formula is C23H27N3O3S. The Balaban J connectivity index is 1.81. The monoisotopic (exact) mass is 425 g/mol. The van der Waals surface area contributed by atoms with Crippen LogP contribution in [0.15, 0.2) is 42.6 Å². The normalized spacial score (nSPS) is 16.9. The van der Waals surface area contributed by atoms with Gasteiger partial charge < -0.3 is 15.6 Å². The number of H-pyrrole nitrogens is 1. The highest BCUT2D eigenvalue weighted by atomic mass is 32.2. The van der Waals surface area contributed by atoms with Gasteiger partial charge in [-0.15, -0.1) is 0 Å². The SMILES string of the molecule is CN(C)Cc1cccc(-c2cc(C(N)=O)c3[nH]cc(C4CCS(=O)(=O)CC4)c3c2)c1. The Kier molecular flexibility index (Phi) is 5.42. The summed E-state index contributed by atoms with van der Waals surface area (Å²) in [7, 11) is 1.12. The number of hydrogen-bond acceptors (Lipinski definition) is 4. The number of nitrogens with one attached hydrogen (secondary N) is 1. The summed E-state index contributed by atoms with van der Waals surface area (Å²) >= 11 is 0. The lowest BCUT2D eigenvalue weighted by Gasteiger charge is -2.21. The van der Waals surface area contributed by atoms with Gasteiger partial charge in [-0.25, -0.2) is 8.42 Å². The smallest absolute Gasteiger partial charge is 0.250 e. The van der Waals surface area contributed by atoms with Gasteiger partial charge in [-0.1, -0.05) is 18.2 Å². The molecular weight excluding hydrogens is 398 g/mol. The first-order chi connectivity index (χ1) is 14.2. The van der Waals surface area contributed by atoms with Gasteiger partial charge in [-0.3, -0.25) is 4.79 Å². The van der Waals surface area contributed by atoms with Crippen LogP contribution in [0, 0.1) is 0 Å². The van der Waals surface area contributed by atoms with Crippen LogP contribution < -0.4 is 5.73 Å². The van der Waals surface area contributed by atoms with E-state index in [-0.39, 0.29) is 17.4 Å². The second kappa shape index (κ2) is 7.89. The maximum absolute atomic E-state index is 12.2. The lowest BCUT2D eigenvalue weighted by atomic mass is 9.90. The van der Waals surface area contributed by atoms with E-state index < -0.39 is 15.7 Å². The van der Waals surface area contributed by atoms with Crippen LogP contribution in [-0.4, -0.2) is 49.8 Å². The molecule has 6 nitrogen and oxygen atoms in total. The second-order valence-electron chi connectivity index (χ2n) is 8.42. The van der Waals surface area contributed by atoms with E-state index in [9.17, 15) is 13.2 Å². The number of carbonyl (C=O) groups excluding carboxylic acids is 1. The summed E-state index contributed by atoms with van der Waals surface area (Å²) in [5.41, 5.74) is 11.1. The van der Waals surface area contributed by atoms with E-state index in [2.05, 4.69) is 28.1 Å². The Bertz CT molecular complexity index is 1200. The lowest BCUT2D eigenvalue weighted by molar-refractivity contribution is 0.100. The minimum absolute atomic E-state index is 0.151. The third-order valence-corrected chi connectivity index (χ3v) is 7.56. The molecule has 0 aliphatic carbocycles. The molecule has 3 N–H and O–H groups in total. The number of carbonyl (C=O) groups is 1. The molecule has 1 saturated heterocycles. The summed E-state index contributed by atoms with van der Waals surface area (Å²) in [6, 6.07) is 12.2. The van der Waals surface area contributed by atoms with E-state index >= 15 is 0 Å². The first kappa shape index (κ1) is 20.6. The van der Waals surface area contributed by atoms with Crippen molar-refractivity contribution in [3.63, 3.8) is 0 Å². The van der Waals surface area contributed by atoms with Gasteiger partial charge in [0.15, 0.2) is 0 Å². The number of aromatic amines is 1. The van der Waals surface area contributed by atoms with E-state index in [0.717, 1.165) is 34.1 Å². The zero-order valence-electron chi connectivity index (χ0n) is 17.3. The summed E-state index contributed by atoms with van der Waals surface area (Å²) < 4.78 is 23.7. The van der Waals surface area contributed by atoms with E-state index in [4.69, 9.17) is 5.73 Å². The molecule has 158 valence electrons. The van der Waals surface area contributed by atoms with Crippen molar-refractivity contribution >= 4 is 26.6 Å².